The zero-order valence-electron chi connectivity index (χ0n) is 10.8. The number of ketones is 1. The Kier molecular flexibility index (Phi) is 4.26. The van der Waals surface area contributed by atoms with Gasteiger partial charge in [-0.3, -0.25) is 4.79 Å². The third kappa shape index (κ3) is 3.26. The molecule has 0 radical (unpaired) electrons. The topological polar surface area (TPSA) is 17.1 Å². The molecule has 0 bridgehead atoms. The maximum absolute atomic E-state index is 13.2. The van der Waals surface area contributed by atoms with Gasteiger partial charge in [0.2, 0.25) is 0 Å². The van der Waals surface area contributed by atoms with E-state index in [9.17, 15) is 22.4 Å². The molecular formula is C15H14F4O. The molecular weight excluding hydrogens is 272 g/mol. The molecule has 1 aliphatic carbocycles. The van der Waals surface area contributed by atoms with Gasteiger partial charge in [0.1, 0.15) is 5.82 Å². The van der Waals surface area contributed by atoms with Crippen LogP contribution in [-0.2, 0) is 6.18 Å². The third-order valence-electron chi connectivity index (χ3n) is 3.36. The highest BCUT2D eigenvalue weighted by molar-refractivity contribution is 6.09. The van der Waals surface area contributed by atoms with Crippen LogP contribution in [0.4, 0.5) is 17.6 Å². The fourth-order valence-corrected chi connectivity index (χ4v) is 2.35. The van der Waals surface area contributed by atoms with E-state index < -0.39 is 28.9 Å². The molecule has 0 saturated heterocycles. The van der Waals surface area contributed by atoms with Gasteiger partial charge in [-0.05, 0) is 49.5 Å². The summed E-state index contributed by atoms with van der Waals surface area (Å²) in [6.45, 7) is 0. The average Bonchev–Trinajstić information content (AvgIpc) is 2.65. The highest BCUT2D eigenvalue weighted by atomic mass is 19.4. The van der Waals surface area contributed by atoms with Gasteiger partial charge in [0, 0.05) is 5.56 Å². The summed E-state index contributed by atoms with van der Waals surface area (Å²) in [5.41, 5.74) is -1.31. The number of carbonyl (C=O) groups is 1. The molecule has 108 valence electrons. The maximum atomic E-state index is 13.2. The number of benzene rings is 1. The van der Waals surface area contributed by atoms with Gasteiger partial charge >= 0.3 is 6.18 Å². The predicted molar refractivity (Wildman–Crippen MR) is 66.9 cm³/mol. The van der Waals surface area contributed by atoms with Crippen LogP contribution < -0.4 is 0 Å². The summed E-state index contributed by atoms with van der Waals surface area (Å²) < 4.78 is 51.9. The van der Waals surface area contributed by atoms with E-state index in [0.717, 1.165) is 25.3 Å². The molecule has 20 heavy (non-hydrogen) atoms. The largest absolute Gasteiger partial charge is 0.417 e. The highest BCUT2D eigenvalue weighted by Gasteiger charge is 2.35. The van der Waals surface area contributed by atoms with Gasteiger partial charge in [-0.2, -0.15) is 13.2 Å². The first kappa shape index (κ1) is 14.8. The van der Waals surface area contributed by atoms with Crippen molar-refractivity contribution in [3.05, 3.63) is 46.8 Å². The van der Waals surface area contributed by atoms with Crippen LogP contribution in [0, 0.1) is 5.82 Å². The monoisotopic (exact) mass is 286 g/mol. The zero-order valence-corrected chi connectivity index (χ0v) is 10.8. The summed E-state index contributed by atoms with van der Waals surface area (Å²) in [6, 6.07) is 2.03. The Morgan fingerprint density at radius 3 is 2.55 bits per heavy atom. The number of carbonyl (C=O) groups excluding carboxylic acids is 1. The number of Topliss-reactive ketones (excluding diaryl/α,β-unsaturated/α-hetero) is 1. The van der Waals surface area contributed by atoms with Crippen molar-refractivity contribution in [2.45, 2.75) is 38.3 Å². The lowest BCUT2D eigenvalue weighted by Gasteiger charge is -2.13. The number of halogens is 4. The number of hydrogen-bond donors (Lipinski definition) is 0. The van der Waals surface area contributed by atoms with Crippen molar-refractivity contribution in [3.63, 3.8) is 0 Å². The maximum Gasteiger partial charge on any atom is 0.417 e. The van der Waals surface area contributed by atoms with Gasteiger partial charge in [-0.25, -0.2) is 4.39 Å². The van der Waals surface area contributed by atoms with E-state index in [0.29, 0.717) is 30.5 Å². The summed E-state index contributed by atoms with van der Waals surface area (Å²) in [5, 5.41) is 0. The molecule has 0 N–H and O–H groups in total. The molecule has 0 heterocycles. The summed E-state index contributed by atoms with van der Waals surface area (Å²) >= 11 is 0. The number of alkyl halides is 3. The lowest BCUT2D eigenvalue weighted by atomic mass is 9.95. The van der Waals surface area contributed by atoms with Crippen molar-refractivity contribution < 1.29 is 22.4 Å². The van der Waals surface area contributed by atoms with Gasteiger partial charge in [0.15, 0.2) is 5.78 Å². The summed E-state index contributed by atoms with van der Waals surface area (Å²) in [7, 11) is 0. The summed E-state index contributed by atoms with van der Waals surface area (Å²) in [6.07, 6.45) is 0.789. The molecule has 0 atom stereocenters. The highest BCUT2D eigenvalue weighted by Crippen LogP contribution is 2.34. The van der Waals surface area contributed by atoms with E-state index in [4.69, 9.17) is 0 Å². The first-order chi connectivity index (χ1) is 9.39. The van der Waals surface area contributed by atoms with Crippen molar-refractivity contribution in [3.8, 4) is 0 Å². The van der Waals surface area contributed by atoms with Crippen LogP contribution in [0.5, 0.6) is 0 Å². The van der Waals surface area contributed by atoms with E-state index in [1.807, 2.05) is 0 Å². The van der Waals surface area contributed by atoms with E-state index in [2.05, 4.69) is 0 Å². The van der Waals surface area contributed by atoms with Gasteiger partial charge in [-0.15, -0.1) is 0 Å². The van der Waals surface area contributed by atoms with E-state index >= 15 is 0 Å². The fraction of sp³-hybridized carbons (Fsp3) is 0.400. The standard InChI is InChI=1S/C15H14F4O/c16-11-7-8-13(15(17,18)19)12(9-11)14(20)10-5-3-1-2-4-6-10/h5,7-9H,1-4,6H2. The van der Waals surface area contributed by atoms with Gasteiger partial charge in [0.25, 0.3) is 0 Å². The van der Waals surface area contributed by atoms with Crippen LogP contribution in [0.3, 0.4) is 0 Å². The molecule has 0 aromatic heterocycles. The molecule has 1 aliphatic rings. The van der Waals surface area contributed by atoms with Crippen LogP contribution in [0.2, 0.25) is 0 Å². The number of allylic oxidation sites excluding steroid dienone is 2. The fourth-order valence-electron chi connectivity index (χ4n) is 2.35. The van der Waals surface area contributed by atoms with Crippen molar-refractivity contribution in [2.24, 2.45) is 0 Å². The Morgan fingerprint density at radius 2 is 1.85 bits per heavy atom. The molecule has 2 rings (SSSR count). The Balaban J connectivity index is 2.43. The second-order valence-electron chi connectivity index (χ2n) is 4.85. The number of hydrogen-bond acceptors (Lipinski definition) is 1. The van der Waals surface area contributed by atoms with Crippen LogP contribution in [-0.4, -0.2) is 5.78 Å². The molecule has 1 aromatic rings. The molecule has 5 heteroatoms. The molecule has 0 spiro atoms. The lowest BCUT2D eigenvalue weighted by molar-refractivity contribution is -0.137. The first-order valence-electron chi connectivity index (χ1n) is 6.50. The van der Waals surface area contributed by atoms with Crippen molar-refractivity contribution >= 4 is 5.78 Å². The Bertz CT molecular complexity index is 543. The van der Waals surface area contributed by atoms with E-state index in [1.54, 1.807) is 6.08 Å². The minimum atomic E-state index is -4.66. The Morgan fingerprint density at radius 1 is 1.10 bits per heavy atom. The van der Waals surface area contributed by atoms with Crippen LogP contribution in [0.1, 0.15) is 48.0 Å². The van der Waals surface area contributed by atoms with Crippen LogP contribution >= 0.6 is 0 Å². The predicted octanol–water partition coefficient (Wildman–Crippen LogP) is 4.92. The van der Waals surface area contributed by atoms with Crippen LogP contribution in [0.25, 0.3) is 0 Å². The van der Waals surface area contributed by atoms with Crippen molar-refractivity contribution in [2.75, 3.05) is 0 Å². The van der Waals surface area contributed by atoms with Crippen molar-refractivity contribution in [1.29, 1.82) is 0 Å². The molecule has 1 aromatic carbocycles. The minimum absolute atomic E-state index is 0.360. The second kappa shape index (κ2) is 5.77. The molecule has 0 fully saturated rings. The third-order valence-corrected chi connectivity index (χ3v) is 3.36. The second-order valence-corrected chi connectivity index (χ2v) is 4.85. The SMILES string of the molecule is O=C(C1=CCCCCC1)c1cc(F)ccc1C(F)(F)F. The molecule has 0 aliphatic heterocycles. The smallest absolute Gasteiger partial charge is 0.289 e. The Hall–Kier alpha value is -1.65. The summed E-state index contributed by atoms with van der Waals surface area (Å²) in [4.78, 5) is 12.2. The molecule has 0 unspecified atom stereocenters. The molecule has 0 amide bonds. The number of rotatable bonds is 2. The van der Waals surface area contributed by atoms with Gasteiger partial charge in [-0.1, -0.05) is 12.5 Å². The quantitative estimate of drug-likeness (QED) is 0.557. The lowest BCUT2D eigenvalue weighted by Crippen LogP contribution is -2.15. The average molecular weight is 286 g/mol. The van der Waals surface area contributed by atoms with Gasteiger partial charge in [0.05, 0.1) is 5.56 Å². The zero-order chi connectivity index (χ0) is 14.8. The minimum Gasteiger partial charge on any atom is -0.289 e. The van der Waals surface area contributed by atoms with E-state index in [-0.39, 0.29) is 0 Å². The van der Waals surface area contributed by atoms with Gasteiger partial charge < -0.3 is 0 Å². The Labute approximate surface area is 114 Å². The van der Waals surface area contributed by atoms with E-state index in [1.165, 1.54) is 0 Å². The normalized spacial score (nSPS) is 16.5. The van der Waals surface area contributed by atoms with Crippen molar-refractivity contribution in [1.82, 2.24) is 0 Å². The first-order valence-corrected chi connectivity index (χ1v) is 6.50. The molecule has 0 saturated carbocycles. The molecule has 1 nitrogen and oxygen atoms in total. The summed E-state index contributed by atoms with van der Waals surface area (Å²) in [5.74, 6) is -1.55. The van der Waals surface area contributed by atoms with Crippen LogP contribution in [0.15, 0.2) is 29.8 Å².